The van der Waals surface area contributed by atoms with E-state index in [2.05, 4.69) is 15.6 Å². The number of para-hydroxylation sites is 1. The van der Waals surface area contributed by atoms with Crippen molar-refractivity contribution in [1.29, 1.82) is 0 Å². The number of rotatable bonds is 7. The summed E-state index contributed by atoms with van der Waals surface area (Å²) in [5.41, 5.74) is 4.35. The number of carbonyl (C=O) groups is 2. The minimum atomic E-state index is -0.286. The van der Waals surface area contributed by atoms with Gasteiger partial charge in [-0.1, -0.05) is 18.2 Å². The quantitative estimate of drug-likeness (QED) is 0.447. The monoisotopic (exact) mass is 440 g/mol. The number of amides is 2. The molecule has 2 aromatic carbocycles. The van der Waals surface area contributed by atoms with E-state index in [9.17, 15) is 9.59 Å². The van der Waals surface area contributed by atoms with Crippen LogP contribution in [-0.4, -0.2) is 27.2 Å². The number of anilines is 1. The molecule has 0 bridgehead atoms. The minimum absolute atomic E-state index is 0.0868. The molecule has 33 heavy (non-hydrogen) atoms. The summed E-state index contributed by atoms with van der Waals surface area (Å²) in [5, 5.41) is 5.83. The number of fused-ring (bicyclic) bond motifs is 1. The van der Waals surface area contributed by atoms with Gasteiger partial charge < -0.3 is 19.8 Å². The van der Waals surface area contributed by atoms with E-state index in [0.29, 0.717) is 28.6 Å². The first-order valence-corrected chi connectivity index (χ1v) is 10.9. The molecule has 0 radical (unpaired) electrons. The summed E-state index contributed by atoms with van der Waals surface area (Å²) in [7, 11) is 0. The first-order chi connectivity index (χ1) is 16.1. The Hall–Kier alpha value is -4.13. The molecule has 1 aliphatic rings. The Balaban J connectivity index is 1.26. The Kier molecular flexibility index (Phi) is 5.52. The van der Waals surface area contributed by atoms with Gasteiger partial charge in [-0.15, -0.1) is 0 Å². The topological polar surface area (TPSA) is 84.7 Å². The van der Waals surface area contributed by atoms with Gasteiger partial charge in [-0.3, -0.25) is 9.59 Å². The molecular formula is C26H24N4O3. The Morgan fingerprint density at radius 1 is 1.03 bits per heavy atom. The third kappa shape index (κ3) is 4.72. The lowest BCUT2D eigenvalue weighted by molar-refractivity contribution is 0.0950. The number of aryl methyl sites for hydroxylation is 1. The van der Waals surface area contributed by atoms with Gasteiger partial charge in [0.1, 0.15) is 18.0 Å². The maximum Gasteiger partial charge on any atom is 0.259 e. The number of pyridine rings is 1. The summed E-state index contributed by atoms with van der Waals surface area (Å²) in [4.78, 5) is 29.7. The van der Waals surface area contributed by atoms with E-state index in [0.717, 1.165) is 29.7 Å². The number of ether oxygens (including phenoxy) is 1. The van der Waals surface area contributed by atoms with E-state index in [1.54, 1.807) is 42.5 Å². The van der Waals surface area contributed by atoms with Crippen LogP contribution in [0.5, 0.6) is 5.75 Å². The predicted octanol–water partition coefficient (Wildman–Crippen LogP) is 4.37. The van der Waals surface area contributed by atoms with Crippen molar-refractivity contribution in [2.24, 2.45) is 0 Å². The molecule has 1 saturated carbocycles. The highest BCUT2D eigenvalue weighted by Gasteiger charge is 2.23. The predicted molar refractivity (Wildman–Crippen MR) is 126 cm³/mol. The molecule has 7 nitrogen and oxygen atoms in total. The van der Waals surface area contributed by atoms with Crippen molar-refractivity contribution >= 4 is 23.1 Å². The van der Waals surface area contributed by atoms with Gasteiger partial charge in [0.25, 0.3) is 11.8 Å². The Morgan fingerprint density at radius 3 is 2.58 bits per heavy atom. The molecule has 7 heteroatoms. The van der Waals surface area contributed by atoms with Gasteiger partial charge in [0.2, 0.25) is 0 Å². The second kappa shape index (κ2) is 8.78. The van der Waals surface area contributed by atoms with Gasteiger partial charge in [-0.2, -0.15) is 0 Å². The van der Waals surface area contributed by atoms with Crippen LogP contribution < -0.4 is 15.4 Å². The van der Waals surface area contributed by atoms with Gasteiger partial charge in [0.15, 0.2) is 0 Å². The van der Waals surface area contributed by atoms with Crippen LogP contribution >= 0.6 is 0 Å². The molecule has 0 spiro atoms. The lowest BCUT2D eigenvalue weighted by Gasteiger charge is -2.11. The number of nitrogens with one attached hydrogen (secondary N) is 2. The number of hydrogen-bond acceptors (Lipinski definition) is 4. The van der Waals surface area contributed by atoms with E-state index >= 15 is 0 Å². The van der Waals surface area contributed by atoms with Crippen LogP contribution in [0.2, 0.25) is 0 Å². The maximum atomic E-state index is 12.9. The second-order valence-corrected chi connectivity index (χ2v) is 8.22. The minimum Gasteiger partial charge on any atom is -0.486 e. The van der Waals surface area contributed by atoms with Gasteiger partial charge in [-0.25, -0.2) is 4.98 Å². The van der Waals surface area contributed by atoms with Crippen LogP contribution in [0.15, 0.2) is 73.1 Å². The molecule has 0 aliphatic heterocycles. The van der Waals surface area contributed by atoms with E-state index in [1.807, 2.05) is 41.9 Å². The van der Waals surface area contributed by atoms with Crippen LogP contribution in [0.1, 0.15) is 44.8 Å². The average Bonchev–Trinajstić information content (AvgIpc) is 3.53. The van der Waals surface area contributed by atoms with Gasteiger partial charge in [-0.05, 0) is 67.8 Å². The van der Waals surface area contributed by atoms with E-state index < -0.39 is 0 Å². The van der Waals surface area contributed by atoms with Crippen LogP contribution in [0.3, 0.4) is 0 Å². The van der Waals surface area contributed by atoms with Crippen molar-refractivity contribution in [3.63, 3.8) is 0 Å². The molecule has 166 valence electrons. The number of carbonyl (C=O) groups excluding carboxylic acids is 2. The fourth-order valence-electron chi connectivity index (χ4n) is 3.61. The molecule has 5 rings (SSSR count). The average molecular weight is 441 g/mol. The van der Waals surface area contributed by atoms with Gasteiger partial charge in [0.05, 0.1) is 11.3 Å². The number of imidazole rings is 1. The number of benzene rings is 2. The van der Waals surface area contributed by atoms with E-state index in [1.165, 1.54) is 0 Å². The van der Waals surface area contributed by atoms with Crippen LogP contribution in [0.4, 0.5) is 5.69 Å². The fourth-order valence-corrected chi connectivity index (χ4v) is 3.61. The molecule has 2 N–H and O–H groups in total. The third-order valence-electron chi connectivity index (χ3n) is 5.55. The fraction of sp³-hybridized carbons (Fsp3) is 0.192. The van der Waals surface area contributed by atoms with Crippen molar-refractivity contribution in [2.45, 2.75) is 32.4 Å². The van der Waals surface area contributed by atoms with Crippen molar-refractivity contribution in [1.82, 2.24) is 14.7 Å². The molecule has 0 unspecified atom stereocenters. The van der Waals surface area contributed by atoms with Crippen LogP contribution in [0, 0.1) is 6.92 Å². The highest BCUT2D eigenvalue weighted by atomic mass is 16.5. The first-order valence-electron chi connectivity index (χ1n) is 10.9. The van der Waals surface area contributed by atoms with Crippen molar-refractivity contribution < 1.29 is 14.3 Å². The first kappa shape index (κ1) is 20.8. The summed E-state index contributed by atoms with van der Waals surface area (Å²) in [6.45, 7) is 2.26. The number of nitrogens with zero attached hydrogens (tertiary/aromatic N) is 2. The number of hydrogen-bond donors (Lipinski definition) is 2. The summed E-state index contributed by atoms with van der Waals surface area (Å²) in [5.74, 6) is 0.104. The Labute approximate surface area is 191 Å². The summed E-state index contributed by atoms with van der Waals surface area (Å²) in [6, 6.07) is 18.3. The molecule has 2 heterocycles. The largest absolute Gasteiger partial charge is 0.486 e. The van der Waals surface area contributed by atoms with Gasteiger partial charge in [0, 0.05) is 29.7 Å². The molecule has 0 atom stereocenters. The van der Waals surface area contributed by atoms with Crippen molar-refractivity contribution in [2.75, 3.05) is 5.32 Å². The maximum absolute atomic E-state index is 12.9. The van der Waals surface area contributed by atoms with Crippen molar-refractivity contribution in [3.8, 4) is 5.75 Å². The SMILES string of the molecule is Cc1cccn2cc(COc3ccccc3C(=O)Nc3ccc(C(=O)NC4CC4)cc3)nc12. The second-order valence-electron chi connectivity index (χ2n) is 8.22. The molecule has 1 fully saturated rings. The highest BCUT2D eigenvalue weighted by Crippen LogP contribution is 2.22. The highest BCUT2D eigenvalue weighted by molar-refractivity contribution is 6.06. The Bertz CT molecular complexity index is 1320. The smallest absolute Gasteiger partial charge is 0.259 e. The van der Waals surface area contributed by atoms with Gasteiger partial charge >= 0.3 is 0 Å². The third-order valence-corrected chi connectivity index (χ3v) is 5.55. The lowest BCUT2D eigenvalue weighted by atomic mass is 10.1. The zero-order valence-electron chi connectivity index (χ0n) is 18.2. The zero-order chi connectivity index (χ0) is 22.8. The summed E-state index contributed by atoms with van der Waals surface area (Å²) >= 11 is 0. The van der Waals surface area contributed by atoms with E-state index in [4.69, 9.17) is 4.74 Å². The Morgan fingerprint density at radius 2 is 1.82 bits per heavy atom. The molecule has 1 aliphatic carbocycles. The standard InChI is InChI=1S/C26H24N4O3/c1-17-5-4-14-30-15-21(27-24(17)30)16-33-23-7-3-2-6-22(23)26(32)29-19-10-8-18(9-11-19)25(31)28-20-12-13-20/h2-11,14-15,20H,12-13,16H2,1H3,(H,28,31)(H,29,32). The molecule has 2 aromatic heterocycles. The normalized spacial score (nSPS) is 13.0. The van der Waals surface area contributed by atoms with Crippen LogP contribution in [0.25, 0.3) is 5.65 Å². The zero-order valence-corrected chi connectivity index (χ0v) is 18.2. The summed E-state index contributed by atoms with van der Waals surface area (Å²) in [6.07, 6.45) is 5.95. The number of aromatic nitrogens is 2. The van der Waals surface area contributed by atoms with E-state index in [-0.39, 0.29) is 18.4 Å². The van der Waals surface area contributed by atoms with Crippen LogP contribution in [-0.2, 0) is 6.61 Å². The lowest BCUT2D eigenvalue weighted by Crippen LogP contribution is -2.25. The molecular weight excluding hydrogens is 416 g/mol. The molecule has 0 saturated heterocycles. The van der Waals surface area contributed by atoms with Crippen molar-refractivity contribution in [3.05, 3.63) is 95.4 Å². The summed E-state index contributed by atoms with van der Waals surface area (Å²) < 4.78 is 7.91. The molecule has 2 amide bonds. The molecule has 4 aromatic rings.